The standard InChI is InChI=1S/C13H19BrO3S/c1-9(2)17-12-7-5-11(6-8-12)13(14)10(3)18(4,15)16/h5-10,13H,1-4H3. The second kappa shape index (κ2) is 6.06. The highest BCUT2D eigenvalue weighted by Crippen LogP contribution is 2.31. The average molecular weight is 335 g/mol. The molecule has 0 saturated carbocycles. The van der Waals surface area contributed by atoms with Gasteiger partial charge in [0.15, 0.2) is 9.84 Å². The summed E-state index contributed by atoms with van der Waals surface area (Å²) in [4.78, 5) is -0.208. The van der Waals surface area contributed by atoms with Crippen LogP contribution in [-0.2, 0) is 9.84 Å². The van der Waals surface area contributed by atoms with E-state index in [1.165, 1.54) is 6.26 Å². The maximum Gasteiger partial charge on any atom is 0.151 e. The molecular formula is C13H19BrO3S. The molecule has 0 aliphatic rings. The van der Waals surface area contributed by atoms with Gasteiger partial charge in [0, 0.05) is 6.26 Å². The molecule has 0 aliphatic heterocycles. The molecule has 1 aromatic carbocycles. The van der Waals surface area contributed by atoms with E-state index in [0.717, 1.165) is 11.3 Å². The zero-order chi connectivity index (χ0) is 13.9. The predicted molar refractivity (Wildman–Crippen MR) is 78.2 cm³/mol. The number of hydrogen-bond acceptors (Lipinski definition) is 3. The first kappa shape index (κ1) is 15.5. The molecule has 0 radical (unpaired) electrons. The van der Waals surface area contributed by atoms with Gasteiger partial charge in [-0.05, 0) is 38.5 Å². The van der Waals surface area contributed by atoms with Crippen LogP contribution in [0.4, 0.5) is 0 Å². The van der Waals surface area contributed by atoms with Gasteiger partial charge in [-0.3, -0.25) is 0 Å². The van der Waals surface area contributed by atoms with E-state index in [1.54, 1.807) is 6.92 Å². The maximum atomic E-state index is 11.5. The molecule has 0 fully saturated rings. The van der Waals surface area contributed by atoms with Gasteiger partial charge < -0.3 is 4.74 Å². The van der Waals surface area contributed by atoms with E-state index in [9.17, 15) is 8.42 Å². The van der Waals surface area contributed by atoms with Gasteiger partial charge in [0.05, 0.1) is 16.2 Å². The van der Waals surface area contributed by atoms with E-state index in [0.29, 0.717) is 0 Å². The fraction of sp³-hybridized carbons (Fsp3) is 0.538. The number of hydrogen-bond donors (Lipinski definition) is 0. The van der Waals surface area contributed by atoms with E-state index in [4.69, 9.17) is 4.74 Å². The third-order valence-electron chi connectivity index (χ3n) is 2.66. The third kappa shape index (κ3) is 4.28. The number of ether oxygens (including phenoxy) is 1. The molecule has 2 unspecified atom stereocenters. The van der Waals surface area contributed by atoms with Crippen molar-refractivity contribution in [1.29, 1.82) is 0 Å². The summed E-state index contributed by atoms with van der Waals surface area (Å²) < 4.78 is 28.6. The Morgan fingerprint density at radius 3 is 2.00 bits per heavy atom. The number of alkyl halides is 1. The summed E-state index contributed by atoms with van der Waals surface area (Å²) in [6, 6.07) is 7.49. The van der Waals surface area contributed by atoms with Crippen molar-refractivity contribution in [1.82, 2.24) is 0 Å². The lowest BCUT2D eigenvalue weighted by Gasteiger charge is -2.17. The summed E-state index contributed by atoms with van der Waals surface area (Å²) in [5.41, 5.74) is 0.934. The molecule has 0 bridgehead atoms. The monoisotopic (exact) mass is 334 g/mol. The highest BCUT2D eigenvalue weighted by atomic mass is 79.9. The van der Waals surface area contributed by atoms with Gasteiger partial charge in [0.2, 0.25) is 0 Å². The van der Waals surface area contributed by atoms with Crippen molar-refractivity contribution in [3.8, 4) is 5.75 Å². The molecule has 3 nitrogen and oxygen atoms in total. The zero-order valence-corrected chi connectivity index (χ0v) is 13.5. The Hall–Kier alpha value is -0.550. The molecule has 0 aliphatic carbocycles. The molecule has 0 spiro atoms. The van der Waals surface area contributed by atoms with Gasteiger partial charge in [-0.25, -0.2) is 8.42 Å². The van der Waals surface area contributed by atoms with Crippen LogP contribution in [0.15, 0.2) is 24.3 Å². The Labute approximate surface area is 118 Å². The molecule has 0 aromatic heterocycles. The molecule has 2 atom stereocenters. The van der Waals surface area contributed by atoms with E-state index < -0.39 is 15.1 Å². The number of rotatable bonds is 5. The van der Waals surface area contributed by atoms with Crippen molar-refractivity contribution < 1.29 is 13.2 Å². The SMILES string of the molecule is CC(C)Oc1ccc(C(Br)C(C)S(C)(=O)=O)cc1. The van der Waals surface area contributed by atoms with Gasteiger partial charge in [-0.2, -0.15) is 0 Å². The molecule has 0 heterocycles. The summed E-state index contributed by atoms with van der Waals surface area (Å²) >= 11 is 3.44. The van der Waals surface area contributed by atoms with Crippen LogP contribution >= 0.6 is 15.9 Å². The van der Waals surface area contributed by atoms with Crippen molar-refractivity contribution in [2.24, 2.45) is 0 Å². The van der Waals surface area contributed by atoms with Crippen molar-refractivity contribution >= 4 is 25.8 Å². The predicted octanol–water partition coefficient (Wildman–Crippen LogP) is 3.34. The lowest BCUT2D eigenvalue weighted by molar-refractivity contribution is 0.242. The second-order valence-corrected chi connectivity index (χ2v) is 8.06. The minimum atomic E-state index is -3.06. The molecule has 5 heteroatoms. The molecule has 1 aromatic rings. The van der Waals surface area contributed by atoms with Gasteiger partial charge in [0.1, 0.15) is 5.75 Å². The summed E-state index contributed by atoms with van der Waals surface area (Å²) in [6.45, 7) is 5.63. The van der Waals surface area contributed by atoms with E-state index in [2.05, 4.69) is 15.9 Å². The van der Waals surface area contributed by atoms with Crippen LogP contribution in [0.1, 0.15) is 31.2 Å². The Balaban J connectivity index is 2.85. The van der Waals surface area contributed by atoms with E-state index in [-0.39, 0.29) is 10.9 Å². The number of sulfone groups is 1. The highest BCUT2D eigenvalue weighted by molar-refractivity contribution is 9.09. The molecular weight excluding hydrogens is 316 g/mol. The first-order valence-corrected chi connectivity index (χ1v) is 8.68. The zero-order valence-electron chi connectivity index (χ0n) is 11.1. The van der Waals surface area contributed by atoms with Gasteiger partial charge in [-0.1, -0.05) is 28.1 Å². The molecule has 0 N–H and O–H groups in total. The van der Waals surface area contributed by atoms with Crippen molar-refractivity contribution in [2.75, 3.05) is 6.26 Å². The largest absolute Gasteiger partial charge is 0.491 e. The van der Waals surface area contributed by atoms with Crippen LogP contribution in [0, 0.1) is 0 Å². The lowest BCUT2D eigenvalue weighted by Crippen LogP contribution is -2.20. The third-order valence-corrected chi connectivity index (χ3v) is 5.95. The normalized spacial score (nSPS) is 15.4. The van der Waals surface area contributed by atoms with Crippen LogP contribution in [0.5, 0.6) is 5.75 Å². The number of benzene rings is 1. The summed E-state index contributed by atoms with van der Waals surface area (Å²) in [5, 5.41) is -0.464. The fourth-order valence-electron chi connectivity index (χ4n) is 1.49. The van der Waals surface area contributed by atoms with Crippen molar-refractivity contribution in [2.45, 2.75) is 37.0 Å². The Kier molecular flexibility index (Phi) is 5.22. The Morgan fingerprint density at radius 1 is 1.11 bits per heavy atom. The number of halogens is 1. The molecule has 1 rings (SSSR count). The van der Waals surface area contributed by atoms with E-state index >= 15 is 0 Å². The van der Waals surface area contributed by atoms with Gasteiger partial charge >= 0.3 is 0 Å². The summed E-state index contributed by atoms with van der Waals surface area (Å²) in [6.07, 6.45) is 1.38. The second-order valence-electron chi connectivity index (χ2n) is 4.67. The van der Waals surface area contributed by atoms with Crippen molar-refractivity contribution in [3.63, 3.8) is 0 Å². The van der Waals surface area contributed by atoms with E-state index in [1.807, 2.05) is 38.1 Å². The minimum Gasteiger partial charge on any atom is -0.491 e. The van der Waals surface area contributed by atoms with Crippen LogP contribution in [-0.4, -0.2) is 26.0 Å². The molecule has 18 heavy (non-hydrogen) atoms. The van der Waals surface area contributed by atoms with Crippen molar-refractivity contribution in [3.05, 3.63) is 29.8 Å². The summed E-state index contributed by atoms with van der Waals surface area (Å²) in [5.74, 6) is 0.792. The highest BCUT2D eigenvalue weighted by Gasteiger charge is 2.24. The average Bonchev–Trinajstić information content (AvgIpc) is 2.26. The van der Waals surface area contributed by atoms with Crippen LogP contribution in [0.3, 0.4) is 0 Å². The molecule has 102 valence electrons. The van der Waals surface area contributed by atoms with Crippen LogP contribution < -0.4 is 4.74 Å². The quantitative estimate of drug-likeness (QED) is 0.775. The fourth-order valence-corrected chi connectivity index (χ4v) is 3.56. The smallest absolute Gasteiger partial charge is 0.151 e. The molecule has 0 amide bonds. The van der Waals surface area contributed by atoms with Gasteiger partial charge in [0.25, 0.3) is 0 Å². The first-order valence-electron chi connectivity index (χ1n) is 5.81. The minimum absolute atomic E-state index is 0.130. The Bertz CT molecular complexity index is 479. The summed E-state index contributed by atoms with van der Waals surface area (Å²) in [7, 11) is -3.06. The topological polar surface area (TPSA) is 43.4 Å². The van der Waals surface area contributed by atoms with Crippen LogP contribution in [0.25, 0.3) is 0 Å². The lowest BCUT2D eigenvalue weighted by atomic mass is 10.1. The molecule has 0 saturated heterocycles. The maximum absolute atomic E-state index is 11.5. The van der Waals surface area contributed by atoms with Crippen LogP contribution in [0.2, 0.25) is 0 Å². The van der Waals surface area contributed by atoms with Gasteiger partial charge in [-0.15, -0.1) is 0 Å². The first-order chi connectivity index (χ1) is 8.21. The Morgan fingerprint density at radius 2 is 1.61 bits per heavy atom.